The largest absolute Gasteiger partial charge is 0.493 e. The molecule has 0 bridgehead atoms. The molecule has 0 aromatic heterocycles. The van der Waals surface area contributed by atoms with Crippen molar-refractivity contribution >= 4 is 23.4 Å². The fourth-order valence-corrected chi connectivity index (χ4v) is 2.02. The van der Waals surface area contributed by atoms with E-state index in [9.17, 15) is 13.2 Å². The summed E-state index contributed by atoms with van der Waals surface area (Å²) >= 11 is 5.82. The highest BCUT2D eigenvalue weighted by Gasteiger charge is 2.27. The molecular weight excluding hydrogens is 303 g/mol. The summed E-state index contributed by atoms with van der Waals surface area (Å²) in [7, 11) is 1.42. The van der Waals surface area contributed by atoms with E-state index in [0.717, 1.165) is 5.56 Å². The van der Waals surface area contributed by atoms with E-state index in [2.05, 4.69) is 0 Å². The Kier molecular flexibility index (Phi) is 6.09. The van der Waals surface area contributed by atoms with Gasteiger partial charge in [0.25, 0.3) is 0 Å². The van der Waals surface area contributed by atoms with Crippen molar-refractivity contribution in [2.75, 3.05) is 19.5 Å². The third kappa shape index (κ3) is 5.38. The molecule has 0 heterocycles. The Morgan fingerprint density at radius 3 is 2.58 bits per heavy atom. The number of hydrogen-bond donors (Lipinski definition) is 1. The van der Waals surface area contributed by atoms with Crippen LogP contribution in [0, 0.1) is 0 Å². The molecule has 0 saturated heterocycles. The summed E-state index contributed by atoms with van der Waals surface area (Å²) in [5.41, 5.74) is 1.96. The minimum atomic E-state index is -4.26. The predicted molar refractivity (Wildman–Crippen MR) is 69.9 cm³/mol. The van der Waals surface area contributed by atoms with Crippen molar-refractivity contribution < 1.29 is 22.6 Å². The minimum Gasteiger partial charge on any atom is -0.493 e. The fourth-order valence-electron chi connectivity index (χ4n) is 1.33. The van der Waals surface area contributed by atoms with E-state index in [1.165, 1.54) is 7.11 Å². The quantitative estimate of drug-likeness (QED) is 0.817. The van der Waals surface area contributed by atoms with Crippen LogP contribution < -0.4 is 15.2 Å². The number of rotatable bonds is 6. The Morgan fingerprint density at radius 1 is 1.37 bits per heavy atom. The number of halogens is 4. The lowest BCUT2D eigenvalue weighted by molar-refractivity contribution is -0.0329. The Bertz CT molecular complexity index is 429. The predicted octanol–water partition coefficient (Wildman–Crippen LogP) is 3.44. The summed E-state index contributed by atoms with van der Waals surface area (Å²) in [6, 6.07) is 3.23. The lowest BCUT2D eigenvalue weighted by Crippen LogP contribution is -2.08. The van der Waals surface area contributed by atoms with Crippen molar-refractivity contribution in [2.24, 2.45) is 5.73 Å². The molecule has 108 valence electrons. The third-order valence-corrected chi connectivity index (χ3v) is 3.10. The number of hydrogen-bond acceptors (Lipinski definition) is 4. The Balaban J connectivity index is 2.67. The minimum absolute atomic E-state index is 0.123. The van der Waals surface area contributed by atoms with Crippen molar-refractivity contribution in [1.29, 1.82) is 0 Å². The molecule has 0 aliphatic rings. The number of methoxy groups -OCH3 is 1. The molecule has 0 aliphatic heterocycles. The molecule has 1 rings (SSSR count). The van der Waals surface area contributed by atoms with Crippen LogP contribution in [0.3, 0.4) is 0 Å². The van der Waals surface area contributed by atoms with Gasteiger partial charge in [0.05, 0.1) is 18.7 Å². The lowest BCUT2D eigenvalue weighted by atomic mass is 10.2. The average molecular weight is 316 g/mol. The maximum atomic E-state index is 11.9. The average Bonchev–Trinajstić information content (AvgIpc) is 2.34. The number of ether oxygens (including phenoxy) is 2. The summed E-state index contributed by atoms with van der Waals surface area (Å²) in [4.78, 5) is 0. The Morgan fingerprint density at radius 2 is 2.05 bits per heavy atom. The fraction of sp³-hybridized carbons (Fsp3) is 0.455. The number of nitrogens with two attached hydrogens (primary N) is 1. The Hall–Kier alpha value is -0.790. The molecule has 0 amide bonds. The molecule has 1 aromatic rings. The van der Waals surface area contributed by atoms with Gasteiger partial charge < -0.3 is 15.2 Å². The van der Waals surface area contributed by atoms with Crippen LogP contribution in [0.4, 0.5) is 13.2 Å². The molecule has 0 aliphatic carbocycles. The van der Waals surface area contributed by atoms with Gasteiger partial charge in [-0.15, -0.1) is 0 Å². The molecule has 0 unspecified atom stereocenters. The van der Waals surface area contributed by atoms with Gasteiger partial charge in [0, 0.05) is 12.3 Å². The van der Waals surface area contributed by atoms with Gasteiger partial charge in [-0.25, -0.2) is 0 Å². The van der Waals surface area contributed by atoms with E-state index in [1.807, 2.05) is 0 Å². The van der Waals surface area contributed by atoms with E-state index in [-0.39, 0.29) is 41.4 Å². The summed E-state index contributed by atoms with van der Waals surface area (Å²) in [6.07, 6.45) is 0. The highest BCUT2D eigenvalue weighted by atomic mass is 35.5. The van der Waals surface area contributed by atoms with Gasteiger partial charge in [-0.3, -0.25) is 0 Å². The molecule has 0 atom stereocenters. The maximum absolute atomic E-state index is 11.9. The molecule has 8 heteroatoms. The van der Waals surface area contributed by atoms with E-state index in [0.29, 0.717) is 5.75 Å². The van der Waals surface area contributed by atoms with Gasteiger partial charge in [0.1, 0.15) is 0 Å². The lowest BCUT2D eigenvalue weighted by Gasteiger charge is -2.14. The van der Waals surface area contributed by atoms with Crippen LogP contribution in [-0.4, -0.2) is 25.0 Å². The molecule has 3 nitrogen and oxygen atoms in total. The SMILES string of the molecule is COc1cc(CN)cc(Cl)c1OCCSC(F)(F)F. The molecule has 19 heavy (non-hydrogen) atoms. The monoisotopic (exact) mass is 315 g/mol. The Labute approximate surface area is 118 Å². The zero-order valence-electron chi connectivity index (χ0n) is 10.1. The van der Waals surface area contributed by atoms with Crippen LogP contribution in [0.5, 0.6) is 11.5 Å². The molecule has 1 aromatic carbocycles. The molecular formula is C11H13ClF3NO2S. The van der Waals surface area contributed by atoms with Crippen LogP contribution in [0.2, 0.25) is 5.02 Å². The van der Waals surface area contributed by atoms with E-state index in [1.54, 1.807) is 12.1 Å². The van der Waals surface area contributed by atoms with Gasteiger partial charge >= 0.3 is 5.51 Å². The zero-order valence-corrected chi connectivity index (χ0v) is 11.7. The van der Waals surface area contributed by atoms with Crippen LogP contribution >= 0.6 is 23.4 Å². The first kappa shape index (κ1) is 16.3. The molecule has 0 spiro atoms. The number of benzene rings is 1. The summed E-state index contributed by atoms with van der Waals surface area (Å²) in [5, 5.41) is 0.261. The summed E-state index contributed by atoms with van der Waals surface area (Å²) < 4.78 is 46.2. The highest BCUT2D eigenvalue weighted by Crippen LogP contribution is 2.37. The molecule has 0 fully saturated rings. The van der Waals surface area contributed by atoms with Gasteiger partial charge in [0.15, 0.2) is 11.5 Å². The van der Waals surface area contributed by atoms with Crippen LogP contribution in [0.25, 0.3) is 0 Å². The van der Waals surface area contributed by atoms with Gasteiger partial charge in [-0.1, -0.05) is 11.6 Å². The van der Waals surface area contributed by atoms with Crippen LogP contribution in [0.1, 0.15) is 5.56 Å². The highest BCUT2D eigenvalue weighted by molar-refractivity contribution is 8.00. The van der Waals surface area contributed by atoms with Crippen molar-refractivity contribution in [2.45, 2.75) is 12.1 Å². The molecule has 2 N–H and O–H groups in total. The first-order valence-electron chi connectivity index (χ1n) is 5.27. The van der Waals surface area contributed by atoms with Crippen LogP contribution in [-0.2, 0) is 6.54 Å². The topological polar surface area (TPSA) is 44.5 Å². The standard InChI is InChI=1S/C11H13ClF3NO2S/c1-17-9-5-7(6-16)4-8(12)10(9)18-2-3-19-11(13,14)15/h4-5H,2-3,6,16H2,1H3. The van der Waals surface area contributed by atoms with Crippen molar-refractivity contribution in [3.05, 3.63) is 22.7 Å². The smallest absolute Gasteiger partial charge is 0.441 e. The molecule has 0 radical (unpaired) electrons. The van der Waals surface area contributed by atoms with Crippen molar-refractivity contribution in [3.8, 4) is 11.5 Å². The zero-order chi connectivity index (χ0) is 14.5. The normalized spacial score (nSPS) is 11.5. The second kappa shape index (κ2) is 7.12. The first-order chi connectivity index (χ1) is 8.87. The van der Waals surface area contributed by atoms with E-state index < -0.39 is 5.51 Å². The first-order valence-corrected chi connectivity index (χ1v) is 6.63. The van der Waals surface area contributed by atoms with Crippen molar-refractivity contribution in [1.82, 2.24) is 0 Å². The number of thioether (sulfide) groups is 1. The third-order valence-electron chi connectivity index (χ3n) is 2.12. The maximum Gasteiger partial charge on any atom is 0.441 e. The second-order valence-corrected chi connectivity index (χ2v) is 5.02. The van der Waals surface area contributed by atoms with Gasteiger partial charge in [-0.05, 0) is 29.5 Å². The van der Waals surface area contributed by atoms with Gasteiger partial charge in [-0.2, -0.15) is 13.2 Å². The van der Waals surface area contributed by atoms with E-state index >= 15 is 0 Å². The van der Waals surface area contributed by atoms with E-state index in [4.69, 9.17) is 26.8 Å². The number of alkyl halides is 3. The summed E-state index contributed by atoms with van der Waals surface area (Å²) in [5.74, 6) is 0.357. The summed E-state index contributed by atoms with van der Waals surface area (Å²) in [6.45, 7) is 0.155. The van der Waals surface area contributed by atoms with Crippen LogP contribution in [0.15, 0.2) is 12.1 Å². The second-order valence-electron chi connectivity index (χ2n) is 3.46. The van der Waals surface area contributed by atoms with Gasteiger partial charge in [0.2, 0.25) is 0 Å². The van der Waals surface area contributed by atoms with Crippen molar-refractivity contribution in [3.63, 3.8) is 0 Å². The molecule has 0 saturated carbocycles.